The van der Waals surface area contributed by atoms with Crippen molar-refractivity contribution in [2.75, 3.05) is 20.2 Å². The number of hydrogen-bond acceptors (Lipinski definition) is 3. The predicted molar refractivity (Wildman–Crippen MR) is 48.5 cm³/mol. The van der Waals surface area contributed by atoms with E-state index < -0.39 is 0 Å². The van der Waals surface area contributed by atoms with Crippen molar-refractivity contribution in [3.8, 4) is 0 Å². The van der Waals surface area contributed by atoms with Crippen LogP contribution in [0.5, 0.6) is 0 Å². The molecular formula is C8H19NO2. The van der Waals surface area contributed by atoms with E-state index in [1.54, 1.807) is 7.05 Å². The number of nitrogens with one attached hydrogen (secondary N) is 1. The van der Waals surface area contributed by atoms with Crippen LogP contribution >= 0.6 is 0 Å². The Morgan fingerprint density at radius 1 is 1.73 bits per heavy atom. The topological polar surface area (TPSA) is 38.3 Å². The molecule has 0 heterocycles. The van der Waals surface area contributed by atoms with Crippen LogP contribution < -0.4 is 5.32 Å². The molecule has 0 saturated heterocycles. The summed E-state index contributed by atoms with van der Waals surface area (Å²) in [5, 5.41) is 2.84. The fourth-order valence-electron chi connectivity index (χ4n) is 0.313. The zero-order valence-corrected chi connectivity index (χ0v) is 7.52. The molecule has 1 N–H and O–H groups in total. The third-order valence-corrected chi connectivity index (χ3v) is 0.763. The highest BCUT2D eigenvalue weighted by Gasteiger charge is 1.90. The molecule has 0 radical (unpaired) electrons. The lowest BCUT2D eigenvalue weighted by atomic mass is 10.6. The van der Waals surface area contributed by atoms with Crippen LogP contribution in [0.25, 0.3) is 0 Å². The van der Waals surface area contributed by atoms with E-state index in [1.165, 1.54) is 0 Å². The molecule has 0 amide bonds. The van der Waals surface area contributed by atoms with E-state index >= 15 is 0 Å². The van der Waals surface area contributed by atoms with Crippen LogP contribution in [-0.2, 0) is 9.53 Å². The van der Waals surface area contributed by atoms with E-state index in [0.29, 0.717) is 13.2 Å². The number of ether oxygens (including phenoxy) is 1. The largest absolute Gasteiger partial charge is 0.461 e. The fraction of sp³-hybridized carbons (Fsp3) is 0.625. The summed E-state index contributed by atoms with van der Waals surface area (Å²) in [5.41, 5.74) is 0. The third-order valence-electron chi connectivity index (χ3n) is 0.763. The van der Waals surface area contributed by atoms with Gasteiger partial charge in [0.25, 0.3) is 0 Å². The number of esters is 1. The van der Waals surface area contributed by atoms with Gasteiger partial charge in [-0.3, -0.25) is 0 Å². The minimum absolute atomic E-state index is 0. The lowest BCUT2D eigenvalue weighted by Crippen LogP contribution is -2.16. The standard InChI is InChI=1S/C6H11NO2.C2H6.H2/c1-3-6(8)9-5-4-7-2;1-2;/h3,7H,1,4-5H2,2H3;1-2H3;1H. The molecule has 0 spiro atoms. The lowest BCUT2D eigenvalue weighted by Gasteiger charge is -1.98. The second-order valence-electron chi connectivity index (χ2n) is 1.48. The summed E-state index contributed by atoms with van der Waals surface area (Å²) in [5.74, 6) is -0.370. The smallest absolute Gasteiger partial charge is 0.330 e. The summed E-state index contributed by atoms with van der Waals surface area (Å²) in [4.78, 5) is 10.3. The van der Waals surface area contributed by atoms with Gasteiger partial charge in [0.1, 0.15) is 6.61 Å². The summed E-state index contributed by atoms with van der Waals surface area (Å²) in [6.07, 6.45) is 1.15. The van der Waals surface area contributed by atoms with Gasteiger partial charge in [-0.05, 0) is 7.05 Å². The molecular weight excluding hydrogens is 142 g/mol. The van der Waals surface area contributed by atoms with E-state index in [1.807, 2.05) is 13.8 Å². The maximum atomic E-state index is 10.3. The average Bonchev–Trinajstić information content (AvgIpc) is 2.08. The van der Waals surface area contributed by atoms with E-state index in [-0.39, 0.29) is 7.40 Å². The molecule has 0 aliphatic heterocycles. The first-order valence-corrected chi connectivity index (χ1v) is 3.75. The molecule has 0 fully saturated rings. The minimum atomic E-state index is -0.370. The van der Waals surface area contributed by atoms with Crippen LogP contribution in [0.4, 0.5) is 0 Å². The van der Waals surface area contributed by atoms with Gasteiger partial charge in [0.05, 0.1) is 0 Å². The van der Waals surface area contributed by atoms with Gasteiger partial charge >= 0.3 is 5.97 Å². The van der Waals surface area contributed by atoms with Crippen molar-refractivity contribution < 1.29 is 11.0 Å². The Morgan fingerprint density at radius 2 is 2.27 bits per heavy atom. The van der Waals surface area contributed by atoms with E-state index in [0.717, 1.165) is 6.08 Å². The first-order chi connectivity index (χ1) is 5.31. The van der Waals surface area contributed by atoms with E-state index in [2.05, 4.69) is 16.6 Å². The maximum Gasteiger partial charge on any atom is 0.330 e. The second kappa shape index (κ2) is 11.9. The van der Waals surface area contributed by atoms with Gasteiger partial charge in [0.15, 0.2) is 0 Å². The second-order valence-corrected chi connectivity index (χ2v) is 1.48. The normalized spacial score (nSPS) is 7.55. The molecule has 0 aromatic heterocycles. The van der Waals surface area contributed by atoms with Gasteiger partial charge in [-0.1, -0.05) is 20.4 Å². The Bertz CT molecular complexity index is 107. The molecule has 0 atom stereocenters. The summed E-state index contributed by atoms with van der Waals surface area (Å²) >= 11 is 0. The monoisotopic (exact) mass is 161 g/mol. The third kappa shape index (κ3) is 12.4. The minimum Gasteiger partial charge on any atom is -0.461 e. The van der Waals surface area contributed by atoms with Gasteiger partial charge in [-0.25, -0.2) is 4.79 Å². The molecule has 0 saturated carbocycles. The molecule has 0 aromatic rings. The molecule has 0 unspecified atom stereocenters. The van der Waals surface area contributed by atoms with Crippen molar-refractivity contribution >= 4 is 5.97 Å². The van der Waals surface area contributed by atoms with Gasteiger partial charge in [-0.15, -0.1) is 0 Å². The predicted octanol–water partition coefficient (Wildman–Crippen LogP) is 1.21. The molecule has 0 aromatic carbocycles. The van der Waals surface area contributed by atoms with Crippen LogP contribution in [-0.4, -0.2) is 26.2 Å². The average molecular weight is 161 g/mol. The summed E-state index contributed by atoms with van der Waals surface area (Å²) in [6, 6.07) is 0. The Kier molecular flexibility index (Phi) is 13.9. The highest BCUT2D eigenvalue weighted by Crippen LogP contribution is 1.75. The number of carbonyl (C=O) groups is 1. The molecule has 68 valence electrons. The Hall–Kier alpha value is -0.830. The quantitative estimate of drug-likeness (QED) is 0.382. The van der Waals surface area contributed by atoms with Crippen molar-refractivity contribution in [3.63, 3.8) is 0 Å². The van der Waals surface area contributed by atoms with Crippen molar-refractivity contribution in [1.82, 2.24) is 5.32 Å². The summed E-state index contributed by atoms with van der Waals surface area (Å²) in [6.45, 7) is 8.33. The number of carbonyl (C=O) groups excluding carboxylic acids is 1. The van der Waals surface area contributed by atoms with Crippen molar-refractivity contribution in [2.24, 2.45) is 0 Å². The van der Waals surface area contributed by atoms with Crippen molar-refractivity contribution in [2.45, 2.75) is 13.8 Å². The zero-order chi connectivity index (χ0) is 9.11. The van der Waals surface area contributed by atoms with Gasteiger partial charge in [-0.2, -0.15) is 0 Å². The maximum absolute atomic E-state index is 10.3. The van der Waals surface area contributed by atoms with Crippen molar-refractivity contribution in [3.05, 3.63) is 12.7 Å². The van der Waals surface area contributed by atoms with Gasteiger partial charge in [0, 0.05) is 14.0 Å². The zero-order valence-electron chi connectivity index (χ0n) is 7.52. The van der Waals surface area contributed by atoms with Crippen LogP contribution in [0, 0.1) is 0 Å². The molecule has 11 heavy (non-hydrogen) atoms. The Balaban J connectivity index is -0.000000249. The van der Waals surface area contributed by atoms with E-state index in [9.17, 15) is 4.79 Å². The first-order valence-electron chi connectivity index (χ1n) is 3.75. The molecule has 3 nitrogen and oxygen atoms in total. The molecule has 0 aliphatic rings. The molecule has 0 aliphatic carbocycles. The van der Waals surface area contributed by atoms with Crippen LogP contribution in [0.15, 0.2) is 12.7 Å². The van der Waals surface area contributed by atoms with Crippen LogP contribution in [0.3, 0.4) is 0 Å². The molecule has 0 bridgehead atoms. The van der Waals surface area contributed by atoms with Crippen LogP contribution in [0.1, 0.15) is 15.3 Å². The fourth-order valence-corrected chi connectivity index (χ4v) is 0.313. The van der Waals surface area contributed by atoms with E-state index in [4.69, 9.17) is 0 Å². The van der Waals surface area contributed by atoms with Gasteiger partial charge < -0.3 is 10.1 Å². The highest BCUT2D eigenvalue weighted by atomic mass is 16.5. The lowest BCUT2D eigenvalue weighted by molar-refractivity contribution is -0.137. The van der Waals surface area contributed by atoms with Crippen LogP contribution in [0.2, 0.25) is 0 Å². The summed E-state index contributed by atoms with van der Waals surface area (Å²) in [7, 11) is 1.79. The number of hydrogen-bond donors (Lipinski definition) is 1. The van der Waals surface area contributed by atoms with Gasteiger partial charge in [0.2, 0.25) is 0 Å². The molecule has 3 heteroatoms. The Labute approximate surface area is 69.9 Å². The highest BCUT2D eigenvalue weighted by molar-refractivity contribution is 5.81. The number of likely N-dealkylation sites (N-methyl/N-ethyl adjacent to an activating group) is 1. The first kappa shape index (κ1) is 12.8. The van der Waals surface area contributed by atoms with Crippen molar-refractivity contribution in [1.29, 1.82) is 0 Å². The number of rotatable bonds is 4. The summed E-state index contributed by atoms with van der Waals surface area (Å²) < 4.78 is 4.61. The molecule has 0 rings (SSSR count). The Morgan fingerprint density at radius 3 is 2.64 bits per heavy atom. The SMILES string of the molecule is C=CC(=O)OCCNC.CC.[HH].